The van der Waals surface area contributed by atoms with Crippen LogP contribution in [-0.2, 0) is 16.1 Å². The first-order valence-electron chi connectivity index (χ1n) is 8.68. The molecule has 0 spiro atoms. The van der Waals surface area contributed by atoms with Gasteiger partial charge in [0.15, 0.2) is 5.11 Å². The number of amides is 2. The van der Waals surface area contributed by atoms with Crippen LogP contribution in [0.3, 0.4) is 0 Å². The van der Waals surface area contributed by atoms with Gasteiger partial charge >= 0.3 is 0 Å². The van der Waals surface area contributed by atoms with Crippen LogP contribution in [0.15, 0.2) is 69.2 Å². The normalized spacial score (nSPS) is 15.5. The van der Waals surface area contributed by atoms with Gasteiger partial charge in [0.25, 0.3) is 17.5 Å². The Morgan fingerprint density at radius 2 is 1.90 bits per heavy atom. The van der Waals surface area contributed by atoms with Crippen molar-refractivity contribution in [2.75, 3.05) is 0 Å². The molecule has 1 aromatic carbocycles. The van der Waals surface area contributed by atoms with Gasteiger partial charge in [0.2, 0.25) is 0 Å². The van der Waals surface area contributed by atoms with Crippen LogP contribution in [-0.4, -0.2) is 26.8 Å². The lowest BCUT2D eigenvalue weighted by molar-refractivity contribution is -0.384. The van der Waals surface area contributed by atoms with Crippen LogP contribution in [0, 0.1) is 10.1 Å². The van der Waals surface area contributed by atoms with Gasteiger partial charge in [0.1, 0.15) is 22.9 Å². The first-order chi connectivity index (χ1) is 14.4. The molecular weight excluding hydrogens is 410 g/mol. The van der Waals surface area contributed by atoms with Gasteiger partial charge in [-0.05, 0) is 54.7 Å². The Bertz CT molecular complexity index is 1180. The molecule has 0 unspecified atom stereocenters. The third-order valence-electron chi connectivity index (χ3n) is 4.36. The van der Waals surface area contributed by atoms with Crippen molar-refractivity contribution in [1.82, 2.24) is 10.2 Å². The standard InChI is InChI=1S/C20H13N3O6S/c24-18-16(19(25)22(20(30)21-18)11-15-2-1-9-28-15)10-14-7-8-17(29-14)12-3-5-13(6-4-12)23(26)27/h1-10H,11H2,(H,21,24,30)/b16-10+. The number of hydrogen-bond acceptors (Lipinski definition) is 7. The second kappa shape index (κ2) is 7.76. The van der Waals surface area contributed by atoms with Gasteiger partial charge in [-0.2, -0.15) is 0 Å². The van der Waals surface area contributed by atoms with E-state index in [2.05, 4.69) is 5.32 Å². The van der Waals surface area contributed by atoms with Crippen LogP contribution in [0.25, 0.3) is 17.4 Å². The van der Waals surface area contributed by atoms with Crippen molar-refractivity contribution in [3.63, 3.8) is 0 Å². The summed E-state index contributed by atoms with van der Waals surface area (Å²) < 4.78 is 10.9. The molecule has 4 rings (SSSR count). The van der Waals surface area contributed by atoms with Gasteiger partial charge in [-0.15, -0.1) is 0 Å². The van der Waals surface area contributed by atoms with E-state index in [4.69, 9.17) is 21.1 Å². The average molecular weight is 423 g/mol. The molecule has 3 heterocycles. The summed E-state index contributed by atoms with van der Waals surface area (Å²) in [6.07, 6.45) is 2.80. The van der Waals surface area contributed by atoms with E-state index in [0.717, 1.165) is 0 Å². The minimum absolute atomic E-state index is 0.00966. The Morgan fingerprint density at radius 1 is 1.13 bits per heavy atom. The van der Waals surface area contributed by atoms with Crippen molar-refractivity contribution in [1.29, 1.82) is 0 Å². The second-order valence-electron chi connectivity index (χ2n) is 6.29. The van der Waals surface area contributed by atoms with Crippen molar-refractivity contribution >= 4 is 40.9 Å². The van der Waals surface area contributed by atoms with Crippen molar-refractivity contribution in [3.05, 3.63) is 82.0 Å². The number of benzene rings is 1. The number of rotatable bonds is 5. The zero-order valence-corrected chi connectivity index (χ0v) is 16.0. The molecule has 0 saturated carbocycles. The second-order valence-corrected chi connectivity index (χ2v) is 6.68. The summed E-state index contributed by atoms with van der Waals surface area (Å²) in [6.45, 7) is 0.0779. The molecule has 1 fully saturated rings. The predicted octanol–water partition coefficient (Wildman–Crippen LogP) is 3.27. The summed E-state index contributed by atoms with van der Waals surface area (Å²) in [5, 5.41) is 13.2. The molecule has 0 aliphatic carbocycles. The maximum Gasteiger partial charge on any atom is 0.269 e. The maximum atomic E-state index is 12.8. The van der Waals surface area contributed by atoms with E-state index >= 15 is 0 Å². The lowest BCUT2D eigenvalue weighted by Gasteiger charge is -2.27. The van der Waals surface area contributed by atoms with Gasteiger partial charge < -0.3 is 8.83 Å². The van der Waals surface area contributed by atoms with E-state index in [0.29, 0.717) is 17.1 Å². The smallest absolute Gasteiger partial charge is 0.269 e. The van der Waals surface area contributed by atoms with Crippen LogP contribution in [0.1, 0.15) is 11.5 Å². The quantitative estimate of drug-likeness (QED) is 0.220. The molecule has 1 saturated heterocycles. The summed E-state index contributed by atoms with van der Waals surface area (Å²) in [5.74, 6) is 0.0121. The largest absolute Gasteiger partial charge is 0.467 e. The number of carbonyl (C=O) groups is 2. The van der Waals surface area contributed by atoms with Gasteiger partial charge in [-0.3, -0.25) is 29.9 Å². The first-order valence-corrected chi connectivity index (χ1v) is 9.09. The molecule has 0 radical (unpaired) electrons. The molecule has 2 aromatic heterocycles. The highest BCUT2D eigenvalue weighted by Crippen LogP contribution is 2.26. The molecule has 1 N–H and O–H groups in total. The Hall–Kier alpha value is -4.05. The highest BCUT2D eigenvalue weighted by Gasteiger charge is 2.34. The summed E-state index contributed by atoms with van der Waals surface area (Å²) in [7, 11) is 0. The first kappa shape index (κ1) is 19.3. The van der Waals surface area contributed by atoms with E-state index in [1.165, 1.54) is 29.4 Å². The molecule has 1 aliphatic rings. The minimum Gasteiger partial charge on any atom is -0.467 e. The van der Waals surface area contributed by atoms with Gasteiger partial charge in [-0.25, -0.2) is 0 Å². The fourth-order valence-electron chi connectivity index (χ4n) is 2.87. The number of nitro groups is 1. The minimum atomic E-state index is -0.631. The number of thiocarbonyl (C=S) groups is 1. The van der Waals surface area contributed by atoms with Crippen LogP contribution in [0.2, 0.25) is 0 Å². The topological polar surface area (TPSA) is 119 Å². The third kappa shape index (κ3) is 3.76. The predicted molar refractivity (Wildman–Crippen MR) is 109 cm³/mol. The zero-order chi connectivity index (χ0) is 21.3. The van der Waals surface area contributed by atoms with Crippen molar-refractivity contribution in [3.8, 4) is 11.3 Å². The van der Waals surface area contributed by atoms with Crippen molar-refractivity contribution in [2.45, 2.75) is 6.54 Å². The van der Waals surface area contributed by atoms with Crippen molar-refractivity contribution < 1.29 is 23.3 Å². The number of furan rings is 2. The van der Waals surface area contributed by atoms with Crippen LogP contribution >= 0.6 is 12.2 Å². The molecule has 3 aromatic rings. The van der Waals surface area contributed by atoms with Crippen LogP contribution < -0.4 is 5.32 Å². The van der Waals surface area contributed by atoms with Crippen LogP contribution in [0.4, 0.5) is 5.69 Å². The number of nitrogens with zero attached hydrogens (tertiary/aromatic N) is 2. The van der Waals surface area contributed by atoms with E-state index in [9.17, 15) is 19.7 Å². The SMILES string of the molecule is O=C1NC(=S)N(Cc2ccco2)C(=O)/C1=C/c1ccc(-c2ccc([N+](=O)[O-])cc2)o1. The maximum absolute atomic E-state index is 12.8. The number of non-ortho nitro benzene ring substituents is 1. The molecule has 10 heteroatoms. The number of hydrogen-bond donors (Lipinski definition) is 1. The van der Waals surface area contributed by atoms with Gasteiger partial charge in [0, 0.05) is 17.7 Å². The average Bonchev–Trinajstić information content (AvgIpc) is 3.40. The Balaban J connectivity index is 1.59. The van der Waals surface area contributed by atoms with E-state index in [-0.39, 0.29) is 28.7 Å². The van der Waals surface area contributed by atoms with E-state index in [1.54, 1.807) is 36.4 Å². The van der Waals surface area contributed by atoms with Crippen molar-refractivity contribution in [2.24, 2.45) is 0 Å². The number of nitro benzene ring substituents is 1. The highest BCUT2D eigenvalue weighted by molar-refractivity contribution is 7.80. The van der Waals surface area contributed by atoms with E-state index < -0.39 is 16.7 Å². The lowest BCUT2D eigenvalue weighted by atomic mass is 10.1. The molecule has 30 heavy (non-hydrogen) atoms. The third-order valence-corrected chi connectivity index (χ3v) is 4.68. The summed E-state index contributed by atoms with van der Waals surface area (Å²) >= 11 is 5.10. The molecule has 2 amide bonds. The Kier molecular flexibility index (Phi) is 4.98. The molecular formula is C20H13N3O6S. The molecule has 150 valence electrons. The van der Waals surface area contributed by atoms with Gasteiger partial charge in [0.05, 0.1) is 17.7 Å². The van der Waals surface area contributed by atoms with Crippen LogP contribution in [0.5, 0.6) is 0 Å². The summed E-state index contributed by atoms with van der Waals surface area (Å²) in [6, 6.07) is 12.4. The highest BCUT2D eigenvalue weighted by atomic mass is 32.1. The zero-order valence-electron chi connectivity index (χ0n) is 15.2. The molecule has 9 nitrogen and oxygen atoms in total. The van der Waals surface area contributed by atoms with Gasteiger partial charge in [-0.1, -0.05) is 0 Å². The molecule has 0 atom stereocenters. The fraction of sp³-hybridized carbons (Fsp3) is 0.0500. The molecule has 0 bridgehead atoms. The Labute approximate surface area is 174 Å². The Morgan fingerprint density at radius 3 is 2.57 bits per heavy atom. The number of nitrogens with one attached hydrogen (secondary N) is 1. The van der Waals surface area contributed by atoms with E-state index in [1.807, 2.05) is 0 Å². The summed E-state index contributed by atoms with van der Waals surface area (Å²) in [5.41, 5.74) is 0.440. The lowest BCUT2D eigenvalue weighted by Crippen LogP contribution is -2.53. The fourth-order valence-corrected chi connectivity index (χ4v) is 3.11. The summed E-state index contributed by atoms with van der Waals surface area (Å²) in [4.78, 5) is 36.6. The monoisotopic (exact) mass is 423 g/mol. The molecule has 1 aliphatic heterocycles. The number of carbonyl (C=O) groups excluding carboxylic acids is 2.